The molecule has 0 saturated carbocycles. The van der Waals surface area contributed by atoms with Crippen LogP contribution in [0, 0.1) is 13.8 Å². The van der Waals surface area contributed by atoms with Crippen LogP contribution in [0.1, 0.15) is 28.7 Å². The van der Waals surface area contributed by atoms with Crippen molar-refractivity contribution < 1.29 is 9.47 Å². The number of rotatable bonds is 0. The van der Waals surface area contributed by atoms with E-state index in [4.69, 9.17) is 9.47 Å². The van der Waals surface area contributed by atoms with Crippen LogP contribution in [0.25, 0.3) is 0 Å². The Bertz CT molecular complexity index is 624. The zero-order chi connectivity index (χ0) is 16.2. The first-order valence-corrected chi connectivity index (χ1v) is 8.25. The number of ether oxygens (including phenoxy) is 2. The molecule has 0 N–H and O–H groups in total. The second kappa shape index (κ2) is 7.05. The minimum Gasteiger partial charge on any atom is -0.493 e. The van der Waals surface area contributed by atoms with Crippen molar-refractivity contribution in [1.29, 1.82) is 0 Å². The van der Waals surface area contributed by atoms with Gasteiger partial charge in [-0.1, -0.05) is 35.4 Å². The first kappa shape index (κ1) is 15.9. The first-order chi connectivity index (χ1) is 11.1. The molecule has 1 heterocycles. The van der Waals surface area contributed by atoms with E-state index in [1.807, 2.05) is 0 Å². The van der Waals surface area contributed by atoms with Gasteiger partial charge in [0.15, 0.2) is 0 Å². The highest BCUT2D eigenvalue weighted by atomic mass is 16.5. The normalized spacial score (nSPS) is 16.1. The predicted octanol–water partition coefficient (Wildman–Crippen LogP) is 4.10. The molecule has 0 radical (unpaired) electrons. The van der Waals surface area contributed by atoms with E-state index >= 15 is 0 Å². The van der Waals surface area contributed by atoms with Crippen molar-refractivity contribution in [3.8, 4) is 11.5 Å². The van der Waals surface area contributed by atoms with Gasteiger partial charge in [-0.2, -0.15) is 0 Å². The minimum absolute atomic E-state index is 0.682. The summed E-state index contributed by atoms with van der Waals surface area (Å²) in [6.07, 6.45) is 0.885. The lowest BCUT2D eigenvalue weighted by atomic mass is 10.1. The van der Waals surface area contributed by atoms with Gasteiger partial charge in [0.1, 0.15) is 11.5 Å². The molecule has 0 atom stereocenters. The van der Waals surface area contributed by atoms with Crippen LogP contribution in [0.3, 0.4) is 0 Å². The standard InChI is InChI=1S/C20H25NO2/c1-15-5-7-19-17(11-15)13-21(3)14-18-12-16(2)6-8-20(18)23-10-4-9-22-19/h5-8,11-12H,4,9-10,13-14H2,1-3H3. The van der Waals surface area contributed by atoms with Crippen LogP contribution in [0.15, 0.2) is 36.4 Å². The van der Waals surface area contributed by atoms with Gasteiger partial charge < -0.3 is 9.47 Å². The molecular weight excluding hydrogens is 286 g/mol. The van der Waals surface area contributed by atoms with Crippen molar-refractivity contribution >= 4 is 0 Å². The third-order valence-electron chi connectivity index (χ3n) is 4.12. The summed E-state index contributed by atoms with van der Waals surface area (Å²) in [5.74, 6) is 1.99. The first-order valence-electron chi connectivity index (χ1n) is 8.25. The van der Waals surface area contributed by atoms with Crippen LogP contribution < -0.4 is 9.47 Å². The van der Waals surface area contributed by atoms with Gasteiger partial charge in [0.05, 0.1) is 13.2 Å². The third-order valence-corrected chi connectivity index (χ3v) is 4.12. The Morgan fingerprint density at radius 1 is 0.783 bits per heavy atom. The Labute approximate surface area is 138 Å². The Hall–Kier alpha value is -2.00. The summed E-state index contributed by atoms with van der Waals surface area (Å²) in [6, 6.07) is 12.8. The molecule has 0 bridgehead atoms. The number of hydrogen-bond acceptors (Lipinski definition) is 3. The summed E-state index contributed by atoms with van der Waals surface area (Å²) in [5.41, 5.74) is 5.05. The molecule has 1 aliphatic rings. The van der Waals surface area contributed by atoms with Crippen LogP contribution >= 0.6 is 0 Å². The molecule has 1 aliphatic heterocycles. The molecule has 23 heavy (non-hydrogen) atoms. The molecule has 3 heteroatoms. The summed E-state index contributed by atoms with van der Waals surface area (Å²) < 4.78 is 11.9. The van der Waals surface area contributed by atoms with Gasteiger partial charge >= 0.3 is 0 Å². The van der Waals surface area contributed by atoms with Gasteiger partial charge in [0.2, 0.25) is 0 Å². The minimum atomic E-state index is 0.682. The molecule has 0 spiro atoms. The molecule has 3 nitrogen and oxygen atoms in total. The smallest absolute Gasteiger partial charge is 0.123 e. The summed E-state index contributed by atoms with van der Waals surface area (Å²) in [4.78, 5) is 2.31. The molecule has 0 amide bonds. The highest BCUT2D eigenvalue weighted by Crippen LogP contribution is 2.26. The molecule has 2 aromatic carbocycles. The number of fused-ring (bicyclic) bond motifs is 2. The highest BCUT2D eigenvalue weighted by Gasteiger charge is 2.12. The molecule has 3 rings (SSSR count). The van der Waals surface area contributed by atoms with E-state index in [-0.39, 0.29) is 0 Å². The number of aryl methyl sites for hydroxylation is 2. The van der Waals surface area contributed by atoms with Crippen LogP contribution in [0.4, 0.5) is 0 Å². The van der Waals surface area contributed by atoms with E-state index in [0.717, 1.165) is 31.0 Å². The van der Waals surface area contributed by atoms with Crippen molar-refractivity contribution in [3.63, 3.8) is 0 Å². The quantitative estimate of drug-likeness (QED) is 0.731. The fourth-order valence-corrected chi connectivity index (χ4v) is 3.01. The lowest BCUT2D eigenvalue weighted by Crippen LogP contribution is -2.20. The van der Waals surface area contributed by atoms with Gasteiger partial charge in [-0.05, 0) is 33.0 Å². The molecule has 0 aromatic heterocycles. The van der Waals surface area contributed by atoms with Crippen molar-refractivity contribution in [2.75, 3.05) is 20.3 Å². The van der Waals surface area contributed by atoms with Crippen molar-refractivity contribution in [2.45, 2.75) is 33.4 Å². The Kier molecular flexibility index (Phi) is 4.87. The topological polar surface area (TPSA) is 21.7 Å². The van der Waals surface area contributed by atoms with Crippen molar-refractivity contribution in [1.82, 2.24) is 4.90 Å². The maximum absolute atomic E-state index is 5.96. The van der Waals surface area contributed by atoms with E-state index < -0.39 is 0 Å². The van der Waals surface area contributed by atoms with Gasteiger partial charge in [0.25, 0.3) is 0 Å². The maximum Gasteiger partial charge on any atom is 0.123 e. The molecular formula is C20H25NO2. The summed E-state index contributed by atoms with van der Waals surface area (Å²) in [5, 5.41) is 0. The van der Waals surface area contributed by atoms with Gasteiger partial charge in [-0.25, -0.2) is 0 Å². The monoisotopic (exact) mass is 311 g/mol. The highest BCUT2D eigenvalue weighted by molar-refractivity contribution is 5.38. The van der Waals surface area contributed by atoms with Crippen LogP contribution in [-0.2, 0) is 13.1 Å². The van der Waals surface area contributed by atoms with Gasteiger partial charge in [0, 0.05) is 30.6 Å². The molecule has 0 fully saturated rings. The number of hydrogen-bond donors (Lipinski definition) is 0. The number of benzene rings is 2. The summed E-state index contributed by atoms with van der Waals surface area (Å²) >= 11 is 0. The molecule has 0 unspecified atom stereocenters. The maximum atomic E-state index is 5.96. The zero-order valence-corrected chi connectivity index (χ0v) is 14.3. The van der Waals surface area contributed by atoms with Crippen LogP contribution in [-0.4, -0.2) is 25.2 Å². The predicted molar refractivity (Wildman–Crippen MR) is 93.1 cm³/mol. The van der Waals surface area contributed by atoms with Crippen molar-refractivity contribution in [2.24, 2.45) is 0 Å². The lowest BCUT2D eigenvalue weighted by molar-refractivity contribution is 0.231. The van der Waals surface area contributed by atoms with E-state index in [2.05, 4.69) is 62.2 Å². The summed E-state index contributed by atoms with van der Waals surface area (Å²) in [6.45, 7) is 7.35. The Morgan fingerprint density at radius 2 is 1.26 bits per heavy atom. The molecule has 0 aliphatic carbocycles. The fraction of sp³-hybridized carbons (Fsp3) is 0.400. The van der Waals surface area contributed by atoms with E-state index in [1.165, 1.54) is 22.3 Å². The van der Waals surface area contributed by atoms with Crippen LogP contribution in [0.5, 0.6) is 11.5 Å². The van der Waals surface area contributed by atoms with E-state index in [9.17, 15) is 0 Å². The Morgan fingerprint density at radius 3 is 1.74 bits per heavy atom. The van der Waals surface area contributed by atoms with Crippen molar-refractivity contribution in [3.05, 3.63) is 58.7 Å². The molecule has 0 saturated heterocycles. The lowest BCUT2D eigenvalue weighted by Gasteiger charge is -2.22. The zero-order valence-electron chi connectivity index (χ0n) is 14.3. The van der Waals surface area contributed by atoms with Gasteiger partial charge in [-0.3, -0.25) is 4.90 Å². The average Bonchev–Trinajstić information content (AvgIpc) is 2.49. The van der Waals surface area contributed by atoms with E-state index in [0.29, 0.717) is 13.2 Å². The molecule has 122 valence electrons. The SMILES string of the molecule is Cc1ccc2c(c1)CN(C)Cc1cc(C)ccc1OCCCO2. The Balaban J connectivity index is 1.89. The average molecular weight is 311 g/mol. The summed E-state index contributed by atoms with van der Waals surface area (Å²) in [7, 11) is 2.14. The van der Waals surface area contributed by atoms with E-state index in [1.54, 1.807) is 0 Å². The second-order valence-electron chi connectivity index (χ2n) is 6.45. The van der Waals surface area contributed by atoms with Crippen LogP contribution in [0.2, 0.25) is 0 Å². The fourth-order valence-electron chi connectivity index (χ4n) is 3.01. The number of nitrogens with zero attached hydrogens (tertiary/aromatic N) is 1. The second-order valence-corrected chi connectivity index (χ2v) is 6.45. The molecule has 2 aromatic rings. The van der Waals surface area contributed by atoms with Gasteiger partial charge in [-0.15, -0.1) is 0 Å². The largest absolute Gasteiger partial charge is 0.493 e. The third kappa shape index (κ3) is 4.05.